The molecule has 2 rings (SSSR count). The van der Waals surface area contributed by atoms with Gasteiger partial charge in [-0.3, -0.25) is 0 Å². The number of rotatable bonds is 1. The summed E-state index contributed by atoms with van der Waals surface area (Å²) in [6.07, 6.45) is 1.74. The van der Waals surface area contributed by atoms with E-state index in [1.54, 1.807) is 17.6 Å². The second-order valence-corrected chi connectivity index (χ2v) is 4.01. The van der Waals surface area contributed by atoms with Crippen LogP contribution < -0.4 is 0 Å². The van der Waals surface area contributed by atoms with Crippen LogP contribution in [-0.2, 0) is 0 Å². The average molecular weight is 166 g/mol. The highest BCUT2D eigenvalue weighted by Gasteiger charge is 2.06. The van der Waals surface area contributed by atoms with Crippen LogP contribution in [-0.4, -0.2) is 0 Å². The van der Waals surface area contributed by atoms with Crippen molar-refractivity contribution in [2.45, 2.75) is 19.8 Å². The zero-order valence-corrected chi connectivity index (χ0v) is 7.44. The normalized spacial score (nSPS) is 11.5. The SMILES string of the molecule is CC(C)c1cc2ccoc2s1. The molecule has 2 aromatic rings. The number of hydrogen-bond acceptors (Lipinski definition) is 2. The van der Waals surface area contributed by atoms with Crippen molar-refractivity contribution in [1.29, 1.82) is 0 Å². The van der Waals surface area contributed by atoms with Gasteiger partial charge in [0.05, 0.1) is 6.26 Å². The molecular weight excluding hydrogens is 156 g/mol. The van der Waals surface area contributed by atoms with Crippen molar-refractivity contribution in [2.24, 2.45) is 0 Å². The third-order valence-corrected chi connectivity index (χ3v) is 3.08. The highest BCUT2D eigenvalue weighted by atomic mass is 32.1. The molecule has 0 aliphatic carbocycles. The number of thiophene rings is 1. The summed E-state index contributed by atoms with van der Waals surface area (Å²) in [6, 6.07) is 4.21. The quantitative estimate of drug-likeness (QED) is 0.630. The van der Waals surface area contributed by atoms with Crippen LogP contribution in [0.1, 0.15) is 24.6 Å². The predicted octanol–water partition coefficient (Wildman–Crippen LogP) is 3.62. The maximum atomic E-state index is 5.27. The van der Waals surface area contributed by atoms with Crippen molar-refractivity contribution < 1.29 is 4.42 Å². The Morgan fingerprint density at radius 3 is 2.91 bits per heavy atom. The fourth-order valence-corrected chi connectivity index (χ4v) is 2.05. The van der Waals surface area contributed by atoms with Gasteiger partial charge in [-0.05, 0) is 18.1 Å². The van der Waals surface area contributed by atoms with Crippen molar-refractivity contribution in [3.8, 4) is 0 Å². The molecule has 0 aliphatic rings. The first kappa shape index (κ1) is 6.92. The van der Waals surface area contributed by atoms with Gasteiger partial charge in [0, 0.05) is 10.3 Å². The van der Waals surface area contributed by atoms with Crippen molar-refractivity contribution in [2.75, 3.05) is 0 Å². The van der Waals surface area contributed by atoms with Gasteiger partial charge in [0.2, 0.25) is 0 Å². The maximum Gasteiger partial charge on any atom is 0.187 e. The van der Waals surface area contributed by atoms with Gasteiger partial charge in [-0.1, -0.05) is 13.8 Å². The fraction of sp³-hybridized carbons (Fsp3) is 0.333. The van der Waals surface area contributed by atoms with Gasteiger partial charge in [-0.15, -0.1) is 11.3 Å². The Morgan fingerprint density at radius 1 is 1.45 bits per heavy atom. The molecule has 0 fully saturated rings. The zero-order chi connectivity index (χ0) is 7.84. The van der Waals surface area contributed by atoms with E-state index in [0.717, 1.165) is 4.90 Å². The van der Waals surface area contributed by atoms with E-state index in [1.165, 1.54) is 10.3 Å². The van der Waals surface area contributed by atoms with Gasteiger partial charge in [0.25, 0.3) is 0 Å². The summed E-state index contributed by atoms with van der Waals surface area (Å²) in [5, 5.41) is 1.23. The van der Waals surface area contributed by atoms with Crippen LogP contribution in [0, 0.1) is 0 Å². The average Bonchev–Trinajstić information content (AvgIpc) is 2.40. The van der Waals surface area contributed by atoms with E-state index in [4.69, 9.17) is 4.42 Å². The molecule has 0 aromatic carbocycles. The van der Waals surface area contributed by atoms with Crippen LogP contribution in [0.15, 0.2) is 22.8 Å². The lowest BCUT2D eigenvalue weighted by Crippen LogP contribution is -1.77. The number of hydrogen-bond donors (Lipinski definition) is 0. The molecule has 0 N–H and O–H groups in total. The molecule has 1 nitrogen and oxygen atoms in total. The largest absolute Gasteiger partial charge is 0.454 e. The van der Waals surface area contributed by atoms with E-state index < -0.39 is 0 Å². The van der Waals surface area contributed by atoms with E-state index in [0.29, 0.717) is 5.92 Å². The third kappa shape index (κ3) is 1.07. The predicted molar refractivity (Wildman–Crippen MR) is 48.2 cm³/mol. The molecule has 11 heavy (non-hydrogen) atoms. The van der Waals surface area contributed by atoms with Crippen LogP contribution in [0.5, 0.6) is 0 Å². The Hall–Kier alpha value is -0.760. The Bertz CT molecular complexity index is 328. The standard InChI is InChI=1S/C9H10OS/c1-6(2)8-5-7-3-4-10-9(7)11-8/h3-6H,1-2H3. The number of furan rings is 1. The molecule has 58 valence electrons. The Labute approximate surface area is 69.6 Å². The molecule has 2 heteroatoms. The van der Waals surface area contributed by atoms with Crippen LogP contribution >= 0.6 is 11.3 Å². The molecule has 0 atom stereocenters. The first-order valence-corrected chi connectivity index (χ1v) is 4.56. The lowest BCUT2D eigenvalue weighted by Gasteiger charge is -1.95. The molecule has 0 bridgehead atoms. The molecule has 0 saturated heterocycles. The summed E-state index contributed by atoms with van der Waals surface area (Å²) in [4.78, 5) is 2.45. The van der Waals surface area contributed by atoms with E-state index in [-0.39, 0.29) is 0 Å². The fourth-order valence-electron chi connectivity index (χ4n) is 1.07. The highest BCUT2D eigenvalue weighted by Crippen LogP contribution is 2.30. The second kappa shape index (κ2) is 2.38. The van der Waals surface area contributed by atoms with E-state index >= 15 is 0 Å². The Balaban J connectivity index is 2.58. The van der Waals surface area contributed by atoms with Gasteiger partial charge in [0.15, 0.2) is 4.90 Å². The number of fused-ring (bicyclic) bond motifs is 1. The minimum absolute atomic E-state index is 0.614. The summed E-state index contributed by atoms with van der Waals surface area (Å²) in [5.41, 5.74) is 0. The minimum Gasteiger partial charge on any atom is -0.454 e. The van der Waals surface area contributed by atoms with Gasteiger partial charge in [-0.2, -0.15) is 0 Å². The van der Waals surface area contributed by atoms with E-state index in [9.17, 15) is 0 Å². The molecule has 0 saturated carbocycles. The maximum absolute atomic E-state index is 5.27. The summed E-state index contributed by atoms with van der Waals surface area (Å²) < 4.78 is 5.27. The topological polar surface area (TPSA) is 13.1 Å². The van der Waals surface area contributed by atoms with Gasteiger partial charge in [-0.25, -0.2) is 0 Å². The smallest absolute Gasteiger partial charge is 0.187 e. The zero-order valence-electron chi connectivity index (χ0n) is 6.63. The van der Waals surface area contributed by atoms with E-state index in [1.807, 2.05) is 6.07 Å². The summed E-state index contributed by atoms with van der Waals surface area (Å²) >= 11 is 1.75. The van der Waals surface area contributed by atoms with Gasteiger partial charge in [0.1, 0.15) is 0 Å². The van der Waals surface area contributed by atoms with Crippen LogP contribution in [0.3, 0.4) is 0 Å². The van der Waals surface area contributed by atoms with Crippen LogP contribution in [0.25, 0.3) is 10.3 Å². The third-order valence-electron chi connectivity index (χ3n) is 1.74. The molecule has 0 aliphatic heterocycles. The summed E-state index contributed by atoms with van der Waals surface area (Å²) in [5.74, 6) is 0.614. The molecular formula is C9H10OS. The lowest BCUT2D eigenvalue weighted by molar-refractivity contribution is 0.623. The Kier molecular flexibility index (Phi) is 1.50. The van der Waals surface area contributed by atoms with Crippen LogP contribution in [0.4, 0.5) is 0 Å². The van der Waals surface area contributed by atoms with Crippen molar-refractivity contribution in [3.63, 3.8) is 0 Å². The molecule has 0 amide bonds. The lowest BCUT2D eigenvalue weighted by atomic mass is 10.2. The molecule has 2 aromatic heterocycles. The second-order valence-electron chi connectivity index (χ2n) is 2.97. The van der Waals surface area contributed by atoms with Crippen molar-refractivity contribution >= 4 is 21.6 Å². The molecule has 0 radical (unpaired) electrons. The molecule has 2 heterocycles. The Morgan fingerprint density at radius 2 is 2.27 bits per heavy atom. The molecule has 0 unspecified atom stereocenters. The summed E-state index contributed by atoms with van der Waals surface area (Å²) in [7, 11) is 0. The van der Waals surface area contributed by atoms with E-state index in [2.05, 4.69) is 19.9 Å². The van der Waals surface area contributed by atoms with Crippen molar-refractivity contribution in [1.82, 2.24) is 0 Å². The molecule has 0 spiro atoms. The first-order chi connectivity index (χ1) is 5.27. The highest BCUT2D eigenvalue weighted by molar-refractivity contribution is 7.18. The van der Waals surface area contributed by atoms with Gasteiger partial charge < -0.3 is 4.42 Å². The minimum atomic E-state index is 0.614. The van der Waals surface area contributed by atoms with Gasteiger partial charge >= 0.3 is 0 Å². The van der Waals surface area contributed by atoms with Crippen molar-refractivity contribution in [3.05, 3.63) is 23.3 Å². The first-order valence-electron chi connectivity index (χ1n) is 3.74. The monoisotopic (exact) mass is 166 g/mol. The van der Waals surface area contributed by atoms with Crippen LogP contribution in [0.2, 0.25) is 0 Å². The summed E-state index contributed by atoms with van der Waals surface area (Å²) in [6.45, 7) is 4.40.